The number of fused-ring (bicyclic) bond motifs is 1. The third-order valence-electron chi connectivity index (χ3n) is 2.57. The average molecular weight is 289 g/mol. The lowest BCUT2D eigenvalue weighted by atomic mass is 10.2. The molecule has 3 atom stereocenters. The van der Waals surface area contributed by atoms with Gasteiger partial charge in [0.2, 0.25) is 6.41 Å². The first-order chi connectivity index (χ1) is 9.04. The Morgan fingerprint density at radius 3 is 2.74 bits per heavy atom. The molecular weight excluding hydrogens is 276 g/mol. The third-order valence-corrected chi connectivity index (χ3v) is 2.84. The standard InChI is InChI=1S/C10H13ClN4O4/c1-5(17)6(2-16)19-10(18)15-4-14-7-8(11)12-3-13-9(7)15/h3-6,10,16-18H,2H2,1H3/t5-,6-,10+/m1/s1. The van der Waals surface area contributed by atoms with Crippen LogP contribution in [0.25, 0.3) is 11.2 Å². The minimum absolute atomic E-state index is 0.158. The van der Waals surface area contributed by atoms with Gasteiger partial charge in [-0.1, -0.05) is 11.6 Å². The van der Waals surface area contributed by atoms with Crippen molar-refractivity contribution in [2.24, 2.45) is 0 Å². The molecule has 0 aliphatic heterocycles. The molecule has 0 spiro atoms. The van der Waals surface area contributed by atoms with Crippen LogP contribution in [-0.4, -0.2) is 53.7 Å². The number of imidazole rings is 1. The first-order valence-corrected chi connectivity index (χ1v) is 5.88. The van der Waals surface area contributed by atoms with E-state index in [9.17, 15) is 10.2 Å². The van der Waals surface area contributed by atoms with Gasteiger partial charge in [0.05, 0.1) is 12.7 Å². The first-order valence-electron chi connectivity index (χ1n) is 5.50. The molecule has 0 unspecified atom stereocenters. The summed E-state index contributed by atoms with van der Waals surface area (Å²) in [6.45, 7) is 1.01. The fraction of sp³-hybridized carbons (Fsp3) is 0.500. The Bertz CT molecular complexity index is 561. The zero-order valence-electron chi connectivity index (χ0n) is 10.0. The highest BCUT2D eigenvalue weighted by molar-refractivity contribution is 6.33. The summed E-state index contributed by atoms with van der Waals surface area (Å²) in [4.78, 5) is 11.7. The van der Waals surface area contributed by atoms with Gasteiger partial charge in [0.15, 0.2) is 10.8 Å². The molecule has 0 bridgehead atoms. The van der Waals surface area contributed by atoms with Crippen molar-refractivity contribution in [1.29, 1.82) is 0 Å². The van der Waals surface area contributed by atoms with Crippen LogP contribution in [0, 0.1) is 0 Å². The van der Waals surface area contributed by atoms with Crippen molar-refractivity contribution in [1.82, 2.24) is 19.5 Å². The maximum absolute atomic E-state index is 9.92. The van der Waals surface area contributed by atoms with Crippen LogP contribution in [0.3, 0.4) is 0 Å². The van der Waals surface area contributed by atoms with Crippen molar-refractivity contribution in [2.75, 3.05) is 6.61 Å². The summed E-state index contributed by atoms with van der Waals surface area (Å²) in [7, 11) is 0. The normalized spacial score (nSPS) is 16.5. The zero-order valence-corrected chi connectivity index (χ0v) is 10.8. The fourth-order valence-corrected chi connectivity index (χ4v) is 1.69. The fourth-order valence-electron chi connectivity index (χ4n) is 1.52. The number of hydrogen-bond donors (Lipinski definition) is 3. The Balaban J connectivity index is 2.27. The van der Waals surface area contributed by atoms with Crippen LogP contribution >= 0.6 is 11.6 Å². The van der Waals surface area contributed by atoms with Gasteiger partial charge in [-0.15, -0.1) is 0 Å². The Morgan fingerprint density at radius 2 is 2.11 bits per heavy atom. The Kier molecular flexibility index (Phi) is 4.27. The molecule has 0 aliphatic carbocycles. The molecule has 0 aliphatic rings. The molecule has 2 heterocycles. The Morgan fingerprint density at radius 1 is 1.37 bits per heavy atom. The maximum atomic E-state index is 9.92. The largest absolute Gasteiger partial charge is 0.394 e. The number of aromatic nitrogens is 4. The van der Waals surface area contributed by atoms with Gasteiger partial charge in [0, 0.05) is 0 Å². The van der Waals surface area contributed by atoms with Gasteiger partial charge in [-0.05, 0) is 6.92 Å². The topological polar surface area (TPSA) is 114 Å². The van der Waals surface area contributed by atoms with Crippen molar-refractivity contribution in [3.63, 3.8) is 0 Å². The van der Waals surface area contributed by atoms with Crippen molar-refractivity contribution in [2.45, 2.75) is 25.5 Å². The molecule has 2 aromatic rings. The van der Waals surface area contributed by atoms with E-state index in [1.54, 1.807) is 0 Å². The number of nitrogens with zero attached hydrogens (tertiary/aromatic N) is 4. The van der Waals surface area contributed by atoms with Crippen LogP contribution in [0.2, 0.25) is 5.15 Å². The second-order valence-electron chi connectivity index (χ2n) is 3.91. The van der Waals surface area contributed by atoms with E-state index < -0.39 is 25.2 Å². The van der Waals surface area contributed by atoms with Crippen LogP contribution in [0.1, 0.15) is 13.3 Å². The number of ether oxygens (including phenoxy) is 1. The lowest BCUT2D eigenvalue weighted by Crippen LogP contribution is -2.33. The number of rotatable bonds is 5. The van der Waals surface area contributed by atoms with E-state index in [-0.39, 0.29) is 10.8 Å². The van der Waals surface area contributed by atoms with Crippen molar-refractivity contribution >= 4 is 22.8 Å². The maximum Gasteiger partial charge on any atom is 0.244 e. The van der Waals surface area contributed by atoms with Gasteiger partial charge in [-0.2, -0.15) is 0 Å². The number of halogens is 1. The molecule has 0 amide bonds. The summed E-state index contributed by atoms with van der Waals surface area (Å²) in [5.74, 6) is 0. The molecular formula is C10H13ClN4O4. The first kappa shape index (κ1) is 14.1. The van der Waals surface area contributed by atoms with Gasteiger partial charge in [-0.3, -0.25) is 4.57 Å². The van der Waals surface area contributed by atoms with E-state index in [2.05, 4.69) is 15.0 Å². The molecule has 2 aromatic heterocycles. The number of aliphatic hydroxyl groups excluding tert-OH is 3. The molecule has 0 saturated heterocycles. The summed E-state index contributed by atoms with van der Waals surface area (Å²) in [6.07, 6.45) is -0.805. The molecule has 0 fully saturated rings. The monoisotopic (exact) mass is 288 g/mol. The summed E-state index contributed by atoms with van der Waals surface area (Å²) < 4.78 is 6.34. The quantitative estimate of drug-likeness (QED) is 0.510. The van der Waals surface area contributed by atoms with E-state index in [0.717, 1.165) is 0 Å². The van der Waals surface area contributed by atoms with E-state index in [0.29, 0.717) is 5.52 Å². The molecule has 0 aromatic carbocycles. The van der Waals surface area contributed by atoms with Gasteiger partial charge in [-0.25, -0.2) is 15.0 Å². The lowest BCUT2D eigenvalue weighted by Gasteiger charge is -2.22. The number of aliphatic hydroxyl groups is 3. The predicted molar refractivity (Wildman–Crippen MR) is 65.2 cm³/mol. The van der Waals surface area contributed by atoms with Gasteiger partial charge >= 0.3 is 0 Å². The minimum atomic E-state index is -1.46. The van der Waals surface area contributed by atoms with Crippen LogP contribution < -0.4 is 0 Å². The van der Waals surface area contributed by atoms with Gasteiger partial charge in [0.25, 0.3) is 0 Å². The van der Waals surface area contributed by atoms with E-state index >= 15 is 0 Å². The molecule has 2 rings (SSSR count). The molecule has 8 nitrogen and oxygen atoms in total. The highest BCUT2D eigenvalue weighted by Gasteiger charge is 2.22. The van der Waals surface area contributed by atoms with Crippen molar-refractivity contribution in [3.8, 4) is 0 Å². The highest BCUT2D eigenvalue weighted by atomic mass is 35.5. The van der Waals surface area contributed by atoms with Crippen molar-refractivity contribution < 1.29 is 20.1 Å². The predicted octanol–water partition coefficient (Wildman–Crippen LogP) is -0.314. The van der Waals surface area contributed by atoms with E-state index in [1.165, 1.54) is 24.1 Å². The molecule has 104 valence electrons. The Hall–Kier alpha value is -1.32. The van der Waals surface area contributed by atoms with Crippen molar-refractivity contribution in [3.05, 3.63) is 17.8 Å². The molecule has 0 saturated carbocycles. The highest BCUT2D eigenvalue weighted by Crippen LogP contribution is 2.21. The Labute approximate surface area is 113 Å². The van der Waals surface area contributed by atoms with Crippen LogP contribution in [0.15, 0.2) is 12.7 Å². The molecule has 0 radical (unpaired) electrons. The summed E-state index contributed by atoms with van der Waals surface area (Å²) in [5, 5.41) is 28.5. The lowest BCUT2D eigenvalue weighted by molar-refractivity contribution is -0.210. The van der Waals surface area contributed by atoms with E-state index in [1.807, 2.05) is 0 Å². The number of hydrogen-bond acceptors (Lipinski definition) is 7. The van der Waals surface area contributed by atoms with Gasteiger partial charge < -0.3 is 20.1 Å². The second kappa shape index (κ2) is 5.76. The third kappa shape index (κ3) is 2.82. The van der Waals surface area contributed by atoms with Crippen LogP contribution in [0.4, 0.5) is 0 Å². The summed E-state index contributed by atoms with van der Waals surface area (Å²) in [6, 6.07) is 0. The zero-order chi connectivity index (χ0) is 14.0. The summed E-state index contributed by atoms with van der Waals surface area (Å²) in [5.41, 5.74) is 0.610. The van der Waals surface area contributed by atoms with Crippen LogP contribution in [-0.2, 0) is 4.74 Å². The van der Waals surface area contributed by atoms with E-state index in [4.69, 9.17) is 21.4 Å². The molecule has 9 heteroatoms. The minimum Gasteiger partial charge on any atom is -0.394 e. The average Bonchev–Trinajstić information content (AvgIpc) is 2.80. The molecule has 3 N–H and O–H groups in total. The van der Waals surface area contributed by atoms with Gasteiger partial charge in [0.1, 0.15) is 24.3 Å². The second-order valence-corrected chi connectivity index (χ2v) is 4.27. The summed E-state index contributed by atoms with van der Waals surface area (Å²) >= 11 is 5.83. The van der Waals surface area contributed by atoms with Crippen LogP contribution in [0.5, 0.6) is 0 Å². The smallest absolute Gasteiger partial charge is 0.244 e. The SMILES string of the molecule is C[C@@H](O)[C@@H](CO)O[C@H](O)n1cnc2c(Cl)ncnc21. The molecule has 19 heavy (non-hydrogen) atoms.